The van der Waals surface area contributed by atoms with Crippen molar-refractivity contribution < 1.29 is 13.7 Å². The first-order chi connectivity index (χ1) is 18.1. The molecule has 2 aromatic heterocycles. The molecule has 37 heavy (non-hydrogen) atoms. The van der Waals surface area contributed by atoms with E-state index < -0.39 is 11.5 Å². The number of H-pyrrole nitrogens is 1. The second-order valence-corrected chi connectivity index (χ2v) is 8.80. The normalized spacial score (nSPS) is 12.8. The molecule has 0 atom stereocenters. The molecule has 3 aromatic carbocycles. The first-order valence-electron chi connectivity index (χ1n) is 11.9. The van der Waals surface area contributed by atoms with Crippen LogP contribution in [0.1, 0.15) is 21.6 Å². The molecule has 0 aliphatic carbocycles. The van der Waals surface area contributed by atoms with Crippen molar-refractivity contribution in [3.63, 3.8) is 0 Å². The molecule has 0 saturated carbocycles. The van der Waals surface area contributed by atoms with Gasteiger partial charge in [0.15, 0.2) is 5.76 Å². The number of aromatic amines is 1. The van der Waals surface area contributed by atoms with Crippen molar-refractivity contribution in [1.82, 2.24) is 20.3 Å². The molecule has 0 radical (unpaired) electrons. The molecule has 0 fully saturated rings. The summed E-state index contributed by atoms with van der Waals surface area (Å²) in [7, 11) is 0. The monoisotopic (exact) mass is 492 g/mol. The van der Waals surface area contributed by atoms with E-state index in [0.29, 0.717) is 35.7 Å². The Kier molecular flexibility index (Phi) is 5.69. The fraction of sp³-hybridized carbons (Fsp3) is 0.103. The molecule has 8 heteroatoms. The van der Waals surface area contributed by atoms with Crippen LogP contribution in [0.25, 0.3) is 33.7 Å². The number of nitrogens with one attached hydrogen (secondary N) is 1. The van der Waals surface area contributed by atoms with E-state index in [1.807, 2.05) is 60.7 Å². The molecule has 182 valence electrons. The third kappa shape index (κ3) is 4.12. The van der Waals surface area contributed by atoms with Crippen LogP contribution < -0.4 is 5.56 Å². The number of fused-ring (bicyclic) bond motifs is 1. The molecule has 1 aliphatic rings. The summed E-state index contributed by atoms with van der Waals surface area (Å²) in [4.78, 5) is 28.6. The van der Waals surface area contributed by atoms with E-state index in [1.54, 1.807) is 17.0 Å². The number of hydrogen-bond donors (Lipinski definition) is 1. The molecule has 0 spiro atoms. The second kappa shape index (κ2) is 9.31. The molecule has 0 unspecified atom stereocenters. The highest BCUT2D eigenvalue weighted by molar-refractivity contribution is 6.03. The molecular formula is C29H21FN4O3. The van der Waals surface area contributed by atoms with Crippen molar-refractivity contribution >= 4 is 5.91 Å². The van der Waals surface area contributed by atoms with Gasteiger partial charge in [-0.15, -0.1) is 0 Å². The summed E-state index contributed by atoms with van der Waals surface area (Å²) < 4.78 is 19.0. The van der Waals surface area contributed by atoms with Crippen LogP contribution in [-0.4, -0.2) is 32.7 Å². The molecule has 3 heterocycles. The van der Waals surface area contributed by atoms with Crippen LogP contribution >= 0.6 is 0 Å². The number of carbonyl (C=O) groups is 1. The number of benzene rings is 3. The smallest absolute Gasteiger partial charge is 0.277 e. The third-order valence-corrected chi connectivity index (χ3v) is 6.54. The largest absolute Gasteiger partial charge is 0.356 e. The molecule has 6 rings (SSSR count). The Bertz CT molecular complexity index is 1640. The lowest BCUT2D eigenvalue weighted by Gasteiger charge is -2.27. The van der Waals surface area contributed by atoms with Crippen LogP contribution in [0.3, 0.4) is 0 Å². The fourth-order valence-corrected chi connectivity index (χ4v) is 4.74. The molecule has 0 bridgehead atoms. The van der Waals surface area contributed by atoms with E-state index in [2.05, 4.69) is 15.4 Å². The van der Waals surface area contributed by atoms with Crippen LogP contribution in [0.4, 0.5) is 4.39 Å². The zero-order valence-electron chi connectivity index (χ0n) is 19.6. The fourth-order valence-electron chi connectivity index (χ4n) is 4.74. The van der Waals surface area contributed by atoms with E-state index in [1.165, 1.54) is 12.1 Å². The van der Waals surface area contributed by atoms with Crippen LogP contribution in [0.15, 0.2) is 94.2 Å². The van der Waals surface area contributed by atoms with E-state index in [4.69, 9.17) is 4.52 Å². The number of nitrogens with zero attached hydrogens (tertiary/aromatic N) is 3. The van der Waals surface area contributed by atoms with Gasteiger partial charge in [0, 0.05) is 28.8 Å². The number of aromatic nitrogens is 3. The Morgan fingerprint density at radius 3 is 2.27 bits per heavy atom. The standard InChI is InChI=1S/C29H21FN4O3/c30-21-13-11-20(12-14-21)27-22-15-16-34(17-23(22)33-37-27)29(36)25-24(18-7-3-1-4-8-18)26(31-32-28(25)35)19-9-5-2-6-10-19/h1-14H,15-17H2,(H,32,35). The van der Waals surface area contributed by atoms with Gasteiger partial charge in [0.2, 0.25) is 0 Å². The molecule has 1 amide bonds. The molecular weight excluding hydrogens is 471 g/mol. The zero-order chi connectivity index (χ0) is 25.4. The van der Waals surface area contributed by atoms with Gasteiger partial charge in [-0.2, -0.15) is 5.10 Å². The van der Waals surface area contributed by atoms with E-state index in [9.17, 15) is 14.0 Å². The van der Waals surface area contributed by atoms with E-state index >= 15 is 0 Å². The Labute approximate surface area is 211 Å². The maximum atomic E-state index is 13.9. The van der Waals surface area contributed by atoms with Gasteiger partial charge in [-0.25, -0.2) is 9.49 Å². The van der Waals surface area contributed by atoms with Gasteiger partial charge < -0.3 is 9.42 Å². The van der Waals surface area contributed by atoms with Crippen LogP contribution in [0, 0.1) is 5.82 Å². The van der Waals surface area contributed by atoms with Crippen molar-refractivity contribution in [3.05, 3.63) is 118 Å². The maximum absolute atomic E-state index is 13.9. The summed E-state index contributed by atoms with van der Waals surface area (Å²) >= 11 is 0. The van der Waals surface area contributed by atoms with Gasteiger partial charge in [0.1, 0.15) is 17.1 Å². The summed E-state index contributed by atoms with van der Waals surface area (Å²) in [6.07, 6.45) is 0.493. The number of rotatable bonds is 4. The summed E-state index contributed by atoms with van der Waals surface area (Å²) in [6, 6.07) is 24.8. The number of amides is 1. The van der Waals surface area contributed by atoms with E-state index in [0.717, 1.165) is 22.3 Å². The zero-order valence-corrected chi connectivity index (χ0v) is 19.6. The topological polar surface area (TPSA) is 92.1 Å². The Morgan fingerprint density at radius 1 is 0.892 bits per heavy atom. The van der Waals surface area contributed by atoms with Crippen molar-refractivity contribution in [2.24, 2.45) is 0 Å². The first-order valence-corrected chi connectivity index (χ1v) is 11.9. The van der Waals surface area contributed by atoms with Crippen molar-refractivity contribution in [2.75, 3.05) is 6.54 Å². The van der Waals surface area contributed by atoms with Crippen molar-refractivity contribution in [3.8, 4) is 33.7 Å². The number of carbonyl (C=O) groups excluding carboxylic acids is 1. The Morgan fingerprint density at radius 2 is 1.57 bits per heavy atom. The van der Waals surface area contributed by atoms with Crippen molar-refractivity contribution in [1.29, 1.82) is 0 Å². The molecule has 1 N–H and O–H groups in total. The molecule has 5 aromatic rings. The average Bonchev–Trinajstić information content (AvgIpc) is 3.37. The summed E-state index contributed by atoms with van der Waals surface area (Å²) in [5.74, 6) is -0.169. The third-order valence-electron chi connectivity index (χ3n) is 6.54. The predicted octanol–water partition coefficient (Wildman–Crippen LogP) is 5.10. The van der Waals surface area contributed by atoms with Gasteiger partial charge in [-0.1, -0.05) is 65.8 Å². The van der Waals surface area contributed by atoms with Crippen molar-refractivity contribution in [2.45, 2.75) is 13.0 Å². The Balaban J connectivity index is 1.41. The lowest BCUT2D eigenvalue weighted by Crippen LogP contribution is -2.39. The van der Waals surface area contributed by atoms with Crippen LogP contribution in [0.5, 0.6) is 0 Å². The highest BCUT2D eigenvalue weighted by atomic mass is 19.1. The lowest BCUT2D eigenvalue weighted by atomic mass is 9.94. The molecule has 0 saturated heterocycles. The number of halogens is 1. The molecule has 1 aliphatic heterocycles. The molecule has 7 nitrogen and oxygen atoms in total. The Hall–Kier alpha value is -4.85. The minimum atomic E-state index is -0.554. The van der Waals surface area contributed by atoms with Gasteiger partial charge in [-0.05, 0) is 36.2 Å². The average molecular weight is 493 g/mol. The van der Waals surface area contributed by atoms with Gasteiger partial charge >= 0.3 is 0 Å². The lowest BCUT2D eigenvalue weighted by molar-refractivity contribution is 0.0730. The minimum Gasteiger partial charge on any atom is -0.356 e. The summed E-state index contributed by atoms with van der Waals surface area (Å²) in [5.41, 5.74) is 4.22. The predicted molar refractivity (Wildman–Crippen MR) is 136 cm³/mol. The van der Waals surface area contributed by atoms with E-state index in [-0.39, 0.29) is 17.9 Å². The first kappa shape index (κ1) is 22.6. The quantitative estimate of drug-likeness (QED) is 0.377. The van der Waals surface area contributed by atoms with Crippen LogP contribution in [-0.2, 0) is 13.0 Å². The van der Waals surface area contributed by atoms with Crippen LogP contribution in [0.2, 0.25) is 0 Å². The highest BCUT2D eigenvalue weighted by Gasteiger charge is 2.31. The van der Waals surface area contributed by atoms with Gasteiger partial charge in [-0.3, -0.25) is 9.59 Å². The second-order valence-electron chi connectivity index (χ2n) is 8.80. The van der Waals surface area contributed by atoms with Gasteiger partial charge in [0.25, 0.3) is 11.5 Å². The van der Waals surface area contributed by atoms with Gasteiger partial charge in [0.05, 0.1) is 12.2 Å². The highest BCUT2D eigenvalue weighted by Crippen LogP contribution is 2.34. The number of hydrogen-bond acceptors (Lipinski definition) is 5. The minimum absolute atomic E-state index is 0.0331. The summed E-state index contributed by atoms with van der Waals surface area (Å²) in [6.45, 7) is 0.563. The summed E-state index contributed by atoms with van der Waals surface area (Å²) in [5, 5.41) is 11.0. The SMILES string of the molecule is O=C(c1c(-c2ccccc2)c(-c2ccccc2)n[nH]c1=O)N1CCc2c(noc2-c2ccc(F)cc2)C1. The maximum Gasteiger partial charge on any atom is 0.277 e.